The molecule has 3 rings (SSSR count). The molecule has 1 atom stereocenters. The molecule has 0 bridgehead atoms. The largest absolute Gasteiger partial charge is 0.493 e. The summed E-state index contributed by atoms with van der Waals surface area (Å²) in [6.07, 6.45) is 2.18. The molecule has 0 spiro atoms. The fourth-order valence-corrected chi connectivity index (χ4v) is 4.96. The Balaban J connectivity index is 1.94. The average molecular weight is 502 g/mol. The first-order valence-electron chi connectivity index (χ1n) is 12.0. The van der Waals surface area contributed by atoms with Crippen LogP contribution in [0.1, 0.15) is 59.1 Å². The number of methoxy groups -OCH3 is 1. The van der Waals surface area contributed by atoms with Crippen molar-refractivity contribution < 1.29 is 19.1 Å². The van der Waals surface area contributed by atoms with Gasteiger partial charge in [0.05, 0.1) is 7.11 Å². The van der Waals surface area contributed by atoms with E-state index in [9.17, 15) is 9.59 Å². The van der Waals surface area contributed by atoms with Crippen LogP contribution >= 0.6 is 11.8 Å². The zero-order valence-electron chi connectivity index (χ0n) is 21.4. The van der Waals surface area contributed by atoms with Crippen molar-refractivity contribution in [2.45, 2.75) is 58.7 Å². The fraction of sp³-hybridized carbons (Fsp3) is 0.520. The SMILES string of the molecule is CCCCSc1nc2n(n1)C(c1ccc(OCC(=O)N(CC)CC)c(OC)c1)C(C(C)=O)=C(C)N2. The van der Waals surface area contributed by atoms with Crippen LogP contribution in [-0.2, 0) is 9.59 Å². The standard InChI is InChI=1S/C25H35N5O4S/c1-7-10-13-35-25-27-24-26-16(4)22(17(5)31)23(30(24)28-25)18-11-12-19(20(14-18)33-6)34-15-21(32)29(8-2)9-3/h11-12,14,23H,7-10,13,15H2,1-6H3,(H,26,27,28). The molecule has 1 unspecified atom stereocenters. The summed E-state index contributed by atoms with van der Waals surface area (Å²) in [5.41, 5.74) is 2.17. The van der Waals surface area contributed by atoms with E-state index in [2.05, 4.69) is 17.2 Å². The normalized spacial score (nSPS) is 14.9. The number of nitrogens with zero attached hydrogens (tertiary/aromatic N) is 4. The van der Waals surface area contributed by atoms with Gasteiger partial charge < -0.3 is 19.7 Å². The van der Waals surface area contributed by atoms with Crippen molar-refractivity contribution in [1.29, 1.82) is 0 Å². The van der Waals surface area contributed by atoms with Crippen LogP contribution in [0.4, 0.5) is 5.95 Å². The van der Waals surface area contributed by atoms with E-state index in [1.165, 1.54) is 0 Å². The molecular weight excluding hydrogens is 466 g/mol. The Bertz CT molecular complexity index is 1090. The molecule has 1 aromatic carbocycles. The van der Waals surface area contributed by atoms with Gasteiger partial charge in [-0.15, -0.1) is 5.10 Å². The number of ether oxygens (including phenoxy) is 2. The number of thioether (sulfide) groups is 1. The summed E-state index contributed by atoms with van der Waals surface area (Å²) >= 11 is 1.60. The Morgan fingerprint density at radius 1 is 1.20 bits per heavy atom. The minimum Gasteiger partial charge on any atom is -0.493 e. The third-order valence-corrected chi connectivity index (χ3v) is 6.84. The lowest BCUT2D eigenvalue weighted by Crippen LogP contribution is -2.34. The third-order valence-electron chi connectivity index (χ3n) is 5.91. The van der Waals surface area contributed by atoms with Gasteiger partial charge in [-0.2, -0.15) is 4.98 Å². The molecule has 2 aromatic rings. The highest BCUT2D eigenvalue weighted by Crippen LogP contribution is 2.39. The first-order valence-corrected chi connectivity index (χ1v) is 13.0. The number of aromatic nitrogens is 3. The van der Waals surface area contributed by atoms with Crippen molar-refractivity contribution in [2.24, 2.45) is 0 Å². The van der Waals surface area contributed by atoms with E-state index in [4.69, 9.17) is 14.6 Å². The first kappa shape index (κ1) is 26.6. The minimum atomic E-state index is -0.461. The van der Waals surface area contributed by atoms with Gasteiger partial charge in [0.1, 0.15) is 6.04 Å². The van der Waals surface area contributed by atoms with Crippen LogP contribution < -0.4 is 14.8 Å². The summed E-state index contributed by atoms with van der Waals surface area (Å²) in [4.78, 5) is 31.4. The summed E-state index contributed by atoms with van der Waals surface area (Å²) in [6.45, 7) is 10.6. The number of hydrogen-bond acceptors (Lipinski definition) is 8. The number of anilines is 1. The van der Waals surface area contributed by atoms with E-state index in [0.29, 0.717) is 41.3 Å². The van der Waals surface area contributed by atoms with Gasteiger partial charge >= 0.3 is 0 Å². The number of amides is 1. The zero-order chi connectivity index (χ0) is 25.5. The van der Waals surface area contributed by atoms with Gasteiger partial charge in [-0.1, -0.05) is 31.2 Å². The highest BCUT2D eigenvalue weighted by molar-refractivity contribution is 7.99. The van der Waals surface area contributed by atoms with Gasteiger partial charge in [-0.3, -0.25) is 9.59 Å². The van der Waals surface area contributed by atoms with Gasteiger partial charge in [0.15, 0.2) is 23.9 Å². The number of carbonyl (C=O) groups excluding carboxylic acids is 2. The second kappa shape index (κ2) is 12.1. The van der Waals surface area contributed by atoms with E-state index in [1.54, 1.807) is 41.4 Å². The maximum absolute atomic E-state index is 12.7. The van der Waals surface area contributed by atoms with Crippen LogP contribution in [0.5, 0.6) is 11.5 Å². The molecule has 0 radical (unpaired) electrons. The minimum absolute atomic E-state index is 0.0505. The highest BCUT2D eigenvalue weighted by Gasteiger charge is 2.33. The monoisotopic (exact) mass is 501 g/mol. The number of carbonyl (C=O) groups is 2. The fourth-order valence-electron chi connectivity index (χ4n) is 4.05. The maximum Gasteiger partial charge on any atom is 0.260 e. The molecule has 1 aliphatic rings. The number of unbranched alkanes of at least 4 members (excludes halogenated alkanes) is 1. The lowest BCUT2D eigenvalue weighted by atomic mass is 9.93. The predicted molar refractivity (Wildman–Crippen MR) is 137 cm³/mol. The van der Waals surface area contributed by atoms with Crippen LogP contribution in [0.3, 0.4) is 0 Å². The van der Waals surface area contributed by atoms with Gasteiger partial charge in [0, 0.05) is 30.1 Å². The Morgan fingerprint density at radius 3 is 2.57 bits per heavy atom. The number of allylic oxidation sites excluding steroid dienone is 2. The lowest BCUT2D eigenvalue weighted by Gasteiger charge is -2.28. The summed E-state index contributed by atoms with van der Waals surface area (Å²) < 4.78 is 13.1. The smallest absolute Gasteiger partial charge is 0.260 e. The molecule has 9 nitrogen and oxygen atoms in total. The van der Waals surface area contributed by atoms with E-state index < -0.39 is 6.04 Å². The second-order valence-corrected chi connectivity index (χ2v) is 9.31. The van der Waals surface area contributed by atoms with Gasteiger partial charge in [-0.05, 0) is 51.8 Å². The Morgan fingerprint density at radius 2 is 1.94 bits per heavy atom. The Labute approximate surface area is 211 Å². The molecule has 0 saturated carbocycles. The number of benzene rings is 1. The quantitative estimate of drug-likeness (QED) is 0.339. The summed E-state index contributed by atoms with van der Waals surface area (Å²) in [6, 6.07) is 5.02. The number of likely N-dealkylation sites (N-methyl/N-ethyl adjacent to an activating group) is 1. The van der Waals surface area contributed by atoms with Crippen LogP contribution in [0.25, 0.3) is 0 Å². The third kappa shape index (κ3) is 5.98. The van der Waals surface area contributed by atoms with E-state index in [-0.39, 0.29) is 18.3 Å². The molecule has 0 saturated heterocycles. The Kier molecular flexibility index (Phi) is 9.20. The van der Waals surface area contributed by atoms with Gasteiger partial charge in [-0.25, -0.2) is 4.68 Å². The zero-order valence-corrected chi connectivity index (χ0v) is 22.2. The van der Waals surface area contributed by atoms with Crippen LogP contribution in [0.15, 0.2) is 34.6 Å². The molecule has 1 aromatic heterocycles. The average Bonchev–Trinajstić information content (AvgIpc) is 3.24. The summed E-state index contributed by atoms with van der Waals surface area (Å²) in [7, 11) is 1.55. The van der Waals surface area contributed by atoms with Crippen molar-refractivity contribution in [3.63, 3.8) is 0 Å². The van der Waals surface area contributed by atoms with Crippen LogP contribution in [0, 0.1) is 0 Å². The van der Waals surface area contributed by atoms with Crippen molar-refractivity contribution in [3.8, 4) is 11.5 Å². The predicted octanol–water partition coefficient (Wildman–Crippen LogP) is 4.30. The van der Waals surface area contributed by atoms with E-state index >= 15 is 0 Å². The van der Waals surface area contributed by atoms with E-state index in [0.717, 1.165) is 29.9 Å². The Hall–Kier alpha value is -3.01. The number of nitrogens with one attached hydrogen (secondary N) is 1. The summed E-state index contributed by atoms with van der Waals surface area (Å²) in [5, 5.41) is 8.63. The number of fused-ring (bicyclic) bond motifs is 1. The highest BCUT2D eigenvalue weighted by atomic mass is 32.2. The van der Waals surface area contributed by atoms with Crippen molar-refractivity contribution in [2.75, 3.05) is 37.9 Å². The lowest BCUT2D eigenvalue weighted by molar-refractivity contribution is -0.133. The molecule has 35 heavy (non-hydrogen) atoms. The first-order chi connectivity index (χ1) is 16.8. The van der Waals surface area contributed by atoms with Crippen LogP contribution in [-0.4, -0.2) is 63.9 Å². The molecule has 10 heteroatoms. The maximum atomic E-state index is 12.7. The topological polar surface area (TPSA) is 98.6 Å². The number of hydrogen-bond donors (Lipinski definition) is 1. The molecule has 1 amide bonds. The van der Waals surface area contributed by atoms with Gasteiger partial charge in [0.25, 0.3) is 5.91 Å². The number of Topliss-reactive ketones (excluding diaryl/α,β-unsaturated/α-hetero) is 1. The van der Waals surface area contributed by atoms with Crippen molar-refractivity contribution in [3.05, 3.63) is 35.0 Å². The molecule has 1 N–H and O–H groups in total. The molecule has 0 fully saturated rings. The molecule has 0 aliphatic carbocycles. The molecule has 2 heterocycles. The van der Waals surface area contributed by atoms with Crippen molar-refractivity contribution >= 4 is 29.4 Å². The molecule has 1 aliphatic heterocycles. The number of ketones is 1. The molecule has 190 valence electrons. The van der Waals surface area contributed by atoms with Crippen molar-refractivity contribution in [1.82, 2.24) is 19.7 Å². The number of rotatable bonds is 12. The second-order valence-electron chi connectivity index (χ2n) is 8.25. The summed E-state index contributed by atoms with van der Waals surface area (Å²) in [5.74, 6) is 2.34. The molecular formula is C25H35N5O4S. The van der Waals surface area contributed by atoms with E-state index in [1.807, 2.05) is 32.9 Å². The van der Waals surface area contributed by atoms with Crippen LogP contribution in [0.2, 0.25) is 0 Å². The van der Waals surface area contributed by atoms with Gasteiger partial charge in [0.2, 0.25) is 11.1 Å².